The van der Waals surface area contributed by atoms with E-state index in [0.29, 0.717) is 39.2 Å². The summed E-state index contributed by atoms with van der Waals surface area (Å²) in [5, 5.41) is 2.82. The number of sulfone groups is 1. The van der Waals surface area contributed by atoms with Crippen molar-refractivity contribution >= 4 is 22.0 Å². The van der Waals surface area contributed by atoms with Crippen molar-refractivity contribution in [3.05, 3.63) is 35.9 Å². The van der Waals surface area contributed by atoms with Crippen molar-refractivity contribution in [3.63, 3.8) is 0 Å². The summed E-state index contributed by atoms with van der Waals surface area (Å²) in [6.07, 6.45) is 0.861. The zero-order valence-electron chi connectivity index (χ0n) is 15.2. The topological polar surface area (TPSA) is 96.0 Å². The second-order valence-corrected chi connectivity index (χ2v) is 9.09. The number of ether oxygens (including phenoxy) is 1. The molecule has 1 unspecified atom stereocenters. The molecule has 0 aromatic heterocycles. The van der Waals surface area contributed by atoms with Gasteiger partial charge in [-0.3, -0.25) is 0 Å². The maximum atomic E-state index is 12.8. The number of hydrogen-bond donors (Lipinski definition) is 1. The number of rotatable bonds is 6. The van der Waals surface area contributed by atoms with E-state index in [1.54, 1.807) is 9.80 Å². The highest BCUT2D eigenvalue weighted by Crippen LogP contribution is 2.20. The predicted molar refractivity (Wildman–Crippen MR) is 100.0 cm³/mol. The smallest absolute Gasteiger partial charge is 0.409 e. The molecule has 1 aromatic carbocycles. The van der Waals surface area contributed by atoms with Gasteiger partial charge in [0.25, 0.3) is 0 Å². The first kappa shape index (κ1) is 19.5. The third-order valence-electron chi connectivity index (χ3n) is 4.82. The minimum Gasteiger partial charge on any atom is -0.449 e. The van der Waals surface area contributed by atoms with Crippen LogP contribution in [0.25, 0.3) is 0 Å². The van der Waals surface area contributed by atoms with Crippen LogP contribution in [-0.2, 0) is 21.1 Å². The van der Waals surface area contributed by atoms with E-state index in [1.165, 1.54) is 0 Å². The van der Waals surface area contributed by atoms with Gasteiger partial charge in [-0.15, -0.1) is 0 Å². The van der Waals surface area contributed by atoms with Crippen molar-refractivity contribution < 1.29 is 22.7 Å². The van der Waals surface area contributed by atoms with Gasteiger partial charge >= 0.3 is 12.1 Å². The van der Waals surface area contributed by atoms with Crippen LogP contribution in [0.15, 0.2) is 30.3 Å². The summed E-state index contributed by atoms with van der Waals surface area (Å²) in [5.41, 5.74) is 0.941. The van der Waals surface area contributed by atoms with E-state index in [0.717, 1.165) is 12.0 Å². The third-order valence-corrected chi connectivity index (χ3v) is 6.57. The molecule has 1 atom stereocenters. The highest BCUT2D eigenvalue weighted by atomic mass is 32.2. The van der Waals surface area contributed by atoms with Crippen LogP contribution in [-0.4, -0.2) is 74.1 Å². The summed E-state index contributed by atoms with van der Waals surface area (Å²) in [4.78, 5) is 27.5. The molecule has 2 aliphatic rings. The molecule has 8 nitrogen and oxygen atoms in total. The molecule has 9 heteroatoms. The summed E-state index contributed by atoms with van der Waals surface area (Å²) in [6.45, 7) is 2.05. The Morgan fingerprint density at radius 2 is 2.07 bits per heavy atom. The largest absolute Gasteiger partial charge is 0.449 e. The lowest BCUT2D eigenvalue weighted by atomic mass is 10.1. The molecule has 2 heterocycles. The van der Waals surface area contributed by atoms with Crippen molar-refractivity contribution in [2.45, 2.75) is 25.4 Å². The molecular formula is C18H25N3O5S. The van der Waals surface area contributed by atoms with Gasteiger partial charge in [0.15, 0.2) is 9.84 Å². The zero-order valence-corrected chi connectivity index (χ0v) is 16.0. The van der Waals surface area contributed by atoms with Crippen LogP contribution in [0.2, 0.25) is 0 Å². The summed E-state index contributed by atoms with van der Waals surface area (Å²) >= 11 is 0. The molecule has 2 fully saturated rings. The van der Waals surface area contributed by atoms with Crippen molar-refractivity contribution in [1.29, 1.82) is 0 Å². The standard InChI is InChI=1S/C18H25N3O5S/c22-17(19-8-10-20-9-4-11-26-18(20)23)21(13-15-5-2-1-3-6-15)16-7-12-27(24,25)14-16/h1-3,5-6,16H,4,7-14H2,(H,19,22). The number of amides is 3. The van der Waals surface area contributed by atoms with E-state index in [1.807, 2.05) is 30.3 Å². The van der Waals surface area contributed by atoms with Gasteiger partial charge < -0.3 is 19.9 Å². The first-order chi connectivity index (χ1) is 12.9. The summed E-state index contributed by atoms with van der Waals surface area (Å²) in [7, 11) is -3.10. The molecule has 0 aliphatic carbocycles. The normalized spacial score (nSPS) is 21.6. The van der Waals surface area contributed by atoms with Crippen LogP contribution in [0.5, 0.6) is 0 Å². The number of nitrogens with zero attached hydrogens (tertiary/aromatic N) is 2. The molecule has 2 saturated heterocycles. The Hall–Kier alpha value is -2.29. The lowest BCUT2D eigenvalue weighted by Crippen LogP contribution is -2.49. The maximum Gasteiger partial charge on any atom is 0.409 e. The van der Waals surface area contributed by atoms with Gasteiger partial charge in [0.05, 0.1) is 18.1 Å². The van der Waals surface area contributed by atoms with Crippen LogP contribution in [0, 0.1) is 0 Å². The van der Waals surface area contributed by atoms with E-state index >= 15 is 0 Å². The van der Waals surface area contributed by atoms with Crippen molar-refractivity contribution in [1.82, 2.24) is 15.1 Å². The molecule has 3 amide bonds. The van der Waals surface area contributed by atoms with Gasteiger partial charge in [-0.1, -0.05) is 30.3 Å². The molecule has 2 aliphatic heterocycles. The molecule has 0 radical (unpaired) electrons. The van der Waals surface area contributed by atoms with E-state index in [-0.39, 0.29) is 29.7 Å². The molecule has 0 saturated carbocycles. The SMILES string of the molecule is O=C1OCCCN1CCNC(=O)N(Cc1ccccc1)C1CCS(=O)(=O)C1. The van der Waals surface area contributed by atoms with Crippen LogP contribution in [0.1, 0.15) is 18.4 Å². The first-order valence-corrected chi connectivity index (χ1v) is 11.0. The fourth-order valence-corrected chi connectivity index (χ4v) is 5.10. The second kappa shape index (κ2) is 8.60. The second-order valence-electron chi connectivity index (χ2n) is 6.86. The van der Waals surface area contributed by atoms with E-state index in [4.69, 9.17) is 4.74 Å². The summed E-state index contributed by atoms with van der Waals surface area (Å²) in [5.74, 6) is 0.0988. The highest BCUT2D eigenvalue weighted by Gasteiger charge is 2.34. The van der Waals surface area contributed by atoms with Gasteiger partial charge in [0, 0.05) is 32.2 Å². The Morgan fingerprint density at radius 1 is 1.30 bits per heavy atom. The molecule has 148 valence electrons. The fourth-order valence-electron chi connectivity index (χ4n) is 3.37. The number of carbonyl (C=O) groups is 2. The summed E-state index contributed by atoms with van der Waals surface area (Å²) in [6, 6.07) is 8.84. The van der Waals surface area contributed by atoms with E-state index in [9.17, 15) is 18.0 Å². The number of hydrogen-bond acceptors (Lipinski definition) is 5. The number of nitrogens with one attached hydrogen (secondary N) is 1. The Morgan fingerprint density at radius 3 is 2.74 bits per heavy atom. The Labute approximate surface area is 159 Å². The molecule has 1 N–H and O–H groups in total. The van der Waals surface area contributed by atoms with E-state index in [2.05, 4.69) is 5.32 Å². The molecule has 1 aromatic rings. The quantitative estimate of drug-likeness (QED) is 0.782. The number of cyclic esters (lactones) is 1. The average molecular weight is 395 g/mol. The summed E-state index contributed by atoms with van der Waals surface area (Å²) < 4.78 is 28.7. The lowest BCUT2D eigenvalue weighted by molar-refractivity contribution is 0.0731. The Kier molecular flexibility index (Phi) is 6.20. The van der Waals surface area contributed by atoms with Gasteiger partial charge in [0.2, 0.25) is 0 Å². The molecule has 0 spiro atoms. The molecule has 3 rings (SSSR count). The first-order valence-electron chi connectivity index (χ1n) is 9.15. The van der Waals surface area contributed by atoms with E-state index < -0.39 is 9.84 Å². The number of carbonyl (C=O) groups excluding carboxylic acids is 2. The number of urea groups is 1. The van der Waals surface area contributed by atoms with Gasteiger partial charge in [-0.05, 0) is 18.4 Å². The fraction of sp³-hybridized carbons (Fsp3) is 0.556. The van der Waals surface area contributed by atoms with Gasteiger partial charge in [0.1, 0.15) is 0 Å². The minimum atomic E-state index is -3.10. The third kappa shape index (κ3) is 5.35. The maximum absolute atomic E-state index is 12.8. The predicted octanol–water partition coefficient (Wildman–Crippen LogP) is 1.23. The Bertz CT molecular complexity index is 768. The van der Waals surface area contributed by atoms with Crippen molar-refractivity contribution in [3.8, 4) is 0 Å². The van der Waals surface area contributed by atoms with Crippen LogP contribution < -0.4 is 5.32 Å². The average Bonchev–Trinajstić information content (AvgIpc) is 3.01. The molecular weight excluding hydrogens is 370 g/mol. The van der Waals surface area contributed by atoms with Crippen LogP contribution in [0.3, 0.4) is 0 Å². The monoisotopic (exact) mass is 395 g/mol. The van der Waals surface area contributed by atoms with Crippen LogP contribution in [0.4, 0.5) is 9.59 Å². The zero-order chi connectivity index (χ0) is 19.3. The van der Waals surface area contributed by atoms with Crippen molar-refractivity contribution in [2.24, 2.45) is 0 Å². The van der Waals surface area contributed by atoms with Gasteiger partial charge in [-0.25, -0.2) is 18.0 Å². The van der Waals surface area contributed by atoms with Crippen molar-refractivity contribution in [2.75, 3.05) is 37.7 Å². The minimum absolute atomic E-state index is 0.00823. The molecule has 0 bridgehead atoms. The lowest BCUT2D eigenvalue weighted by Gasteiger charge is -2.30. The van der Waals surface area contributed by atoms with Crippen LogP contribution >= 0.6 is 0 Å². The highest BCUT2D eigenvalue weighted by molar-refractivity contribution is 7.91. The van der Waals surface area contributed by atoms with Gasteiger partial charge in [-0.2, -0.15) is 0 Å². The Balaban J connectivity index is 1.60. The molecule has 27 heavy (non-hydrogen) atoms. The number of benzene rings is 1.